The van der Waals surface area contributed by atoms with Crippen molar-refractivity contribution in [3.8, 4) is 0 Å². The second-order valence-corrected chi connectivity index (χ2v) is 2.49. The van der Waals surface area contributed by atoms with Gasteiger partial charge >= 0.3 is 0 Å². The second kappa shape index (κ2) is 1.74. The van der Waals surface area contributed by atoms with Crippen LogP contribution in [0.1, 0.15) is 13.3 Å². The molecular weight excluding hydrogens is 116 g/mol. The number of hydrogen-bond acceptors (Lipinski definition) is 2. The maximum Gasteiger partial charge on any atom is 0.208 e. The predicted molar refractivity (Wildman–Crippen MR) is 32.7 cm³/mol. The van der Waals surface area contributed by atoms with Gasteiger partial charge in [-0.15, -0.1) is 0 Å². The molecule has 0 spiro atoms. The minimum absolute atomic E-state index is 0.0648. The predicted octanol–water partition coefficient (Wildman–Crippen LogP) is 1.28. The molecule has 0 aromatic heterocycles. The highest BCUT2D eigenvalue weighted by molar-refractivity contribution is 5.01. The Labute approximate surface area is 54.5 Å². The lowest BCUT2D eigenvalue weighted by atomic mass is 9.95. The molecule has 0 unspecified atom stereocenters. The average Bonchev–Trinajstić information content (AvgIpc) is 2.14. The van der Waals surface area contributed by atoms with Crippen LogP contribution in [0.4, 0.5) is 0 Å². The number of rotatable bonds is 1. The smallest absolute Gasteiger partial charge is 0.208 e. The van der Waals surface area contributed by atoms with Crippen LogP contribution >= 0.6 is 0 Å². The van der Waals surface area contributed by atoms with E-state index in [1.165, 1.54) is 0 Å². The molecule has 2 aliphatic rings. The van der Waals surface area contributed by atoms with Gasteiger partial charge in [0.25, 0.3) is 0 Å². The molecule has 0 aliphatic carbocycles. The van der Waals surface area contributed by atoms with Crippen LogP contribution in [0.25, 0.3) is 0 Å². The van der Waals surface area contributed by atoms with Crippen molar-refractivity contribution in [3.05, 3.63) is 12.3 Å². The second-order valence-electron chi connectivity index (χ2n) is 2.49. The van der Waals surface area contributed by atoms with Gasteiger partial charge in [0, 0.05) is 0 Å². The quantitative estimate of drug-likeness (QED) is 0.527. The minimum atomic E-state index is 0.0648. The summed E-state index contributed by atoms with van der Waals surface area (Å²) in [6.45, 7) is 2.13. The van der Waals surface area contributed by atoms with E-state index in [1.54, 1.807) is 6.26 Å². The minimum Gasteiger partial charge on any atom is -0.472 e. The van der Waals surface area contributed by atoms with Crippen LogP contribution in [-0.2, 0) is 9.47 Å². The molecule has 2 rings (SSSR count). The van der Waals surface area contributed by atoms with Crippen LogP contribution in [-0.4, -0.2) is 12.4 Å². The topological polar surface area (TPSA) is 18.5 Å². The lowest BCUT2D eigenvalue weighted by Crippen LogP contribution is -2.45. The molecule has 2 heteroatoms. The van der Waals surface area contributed by atoms with E-state index in [2.05, 4.69) is 13.0 Å². The van der Waals surface area contributed by atoms with Crippen LogP contribution in [0.3, 0.4) is 0 Å². The van der Waals surface area contributed by atoms with Gasteiger partial charge in [0.05, 0.1) is 18.3 Å². The van der Waals surface area contributed by atoms with Gasteiger partial charge in [0.2, 0.25) is 6.29 Å². The molecule has 0 amide bonds. The fourth-order valence-electron chi connectivity index (χ4n) is 1.36. The molecule has 50 valence electrons. The van der Waals surface area contributed by atoms with Gasteiger partial charge < -0.3 is 9.47 Å². The summed E-state index contributed by atoms with van der Waals surface area (Å²) in [4.78, 5) is 0. The summed E-state index contributed by atoms with van der Waals surface area (Å²) in [7, 11) is 0. The van der Waals surface area contributed by atoms with Crippen molar-refractivity contribution in [1.82, 2.24) is 0 Å². The maximum atomic E-state index is 5.33. The van der Waals surface area contributed by atoms with Crippen LogP contribution in [0, 0.1) is 5.92 Å². The van der Waals surface area contributed by atoms with E-state index in [-0.39, 0.29) is 6.29 Å². The molecule has 2 heterocycles. The van der Waals surface area contributed by atoms with Gasteiger partial charge in [0.15, 0.2) is 0 Å². The average molecular weight is 126 g/mol. The number of fused-ring (bicyclic) bond motifs is 1. The summed E-state index contributed by atoms with van der Waals surface area (Å²) >= 11 is 0. The maximum absolute atomic E-state index is 5.33. The molecular formula is C7H10O2. The zero-order valence-corrected chi connectivity index (χ0v) is 5.41. The van der Waals surface area contributed by atoms with Crippen molar-refractivity contribution in [1.29, 1.82) is 0 Å². The SMILES string of the molecule is CC[C@@H]1O[C@H]2OC=C[C@H]21. The van der Waals surface area contributed by atoms with E-state index < -0.39 is 0 Å². The Morgan fingerprint density at radius 1 is 1.56 bits per heavy atom. The van der Waals surface area contributed by atoms with Gasteiger partial charge in [-0.05, 0) is 12.5 Å². The van der Waals surface area contributed by atoms with Crippen molar-refractivity contribution in [3.63, 3.8) is 0 Å². The zero-order chi connectivity index (χ0) is 6.27. The summed E-state index contributed by atoms with van der Waals surface area (Å²) < 4.78 is 10.4. The fraction of sp³-hybridized carbons (Fsp3) is 0.714. The molecule has 1 saturated heterocycles. The van der Waals surface area contributed by atoms with Crippen molar-refractivity contribution >= 4 is 0 Å². The molecule has 1 fully saturated rings. The first-order valence-electron chi connectivity index (χ1n) is 3.39. The molecule has 0 saturated carbocycles. The van der Waals surface area contributed by atoms with Gasteiger partial charge in [0.1, 0.15) is 0 Å². The third-order valence-corrected chi connectivity index (χ3v) is 1.97. The molecule has 9 heavy (non-hydrogen) atoms. The zero-order valence-electron chi connectivity index (χ0n) is 5.41. The summed E-state index contributed by atoms with van der Waals surface area (Å²) in [5.74, 6) is 0.551. The first-order chi connectivity index (χ1) is 4.42. The first kappa shape index (κ1) is 5.30. The Bertz CT molecular complexity index is 142. The van der Waals surface area contributed by atoms with Crippen LogP contribution in [0.5, 0.6) is 0 Å². The third kappa shape index (κ3) is 0.597. The van der Waals surface area contributed by atoms with Crippen LogP contribution in [0.2, 0.25) is 0 Å². The van der Waals surface area contributed by atoms with Crippen LogP contribution in [0.15, 0.2) is 12.3 Å². The van der Waals surface area contributed by atoms with Crippen molar-refractivity contribution in [2.24, 2.45) is 5.92 Å². The van der Waals surface area contributed by atoms with E-state index in [0.717, 1.165) is 6.42 Å². The van der Waals surface area contributed by atoms with E-state index in [0.29, 0.717) is 12.0 Å². The van der Waals surface area contributed by atoms with Crippen molar-refractivity contribution in [2.45, 2.75) is 25.7 Å². The number of ether oxygens (including phenoxy) is 2. The van der Waals surface area contributed by atoms with Crippen molar-refractivity contribution in [2.75, 3.05) is 0 Å². The third-order valence-electron chi connectivity index (χ3n) is 1.97. The molecule has 2 nitrogen and oxygen atoms in total. The molecule has 2 aliphatic heterocycles. The lowest BCUT2D eigenvalue weighted by Gasteiger charge is -2.37. The largest absolute Gasteiger partial charge is 0.472 e. The molecule has 0 N–H and O–H groups in total. The van der Waals surface area contributed by atoms with Gasteiger partial charge in [-0.25, -0.2) is 0 Å². The lowest BCUT2D eigenvalue weighted by molar-refractivity contribution is -0.254. The van der Waals surface area contributed by atoms with E-state index >= 15 is 0 Å². The summed E-state index contributed by atoms with van der Waals surface area (Å²) in [6, 6.07) is 0. The monoisotopic (exact) mass is 126 g/mol. The summed E-state index contributed by atoms with van der Waals surface area (Å²) in [5, 5.41) is 0. The Balaban J connectivity index is 2.00. The standard InChI is InChI=1S/C7H10O2/c1-2-6-5-3-4-8-7(5)9-6/h3-7H,2H2,1H3/t5-,6-,7+/m0/s1. The first-order valence-corrected chi connectivity index (χ1v) is 3.39. The van der Waals surface area contributed by atoms with E-state index in [9.17, 15) is 0 Å². The molecule has 0 bridgehead atoms. The summed E-state index contributed by atoms with van der Waals surface area (Å²) in [5.41, 5.74) is 0. The molecule has 0 aromatic carbocycles. The molecule has 0 aromatic rings. The fourth-order valence-corrected chi connectivity index (χ4v) is 1.36. The molecule has 0 radical (unpaired) electrons. The van der Waals surface area contributed by atoms with Gasteiger partial charge in [-0.3, -0.25) is 0 Å². The highest BCUT2D eigenvalue weighted by atomic mass is 16.7. The Morgan fingerprint density at radius 3 is 3.11 bits per heavy atom. The van der Waals surface area contributed by atoms with E-state index in [4.69, 9.17) is 9.47 Å². The Hall–Kier alpha value is -0.500. The Kier molecular flexibility index (Phi) is 1.02. The van der Waals surface area contributed by atoms with E-state index in [1.807, 2.05) is 0 Å². The van der Waals surface area contributed by atoms with Crippen LogP contribution < -0.4 is 0 Å². The van der Waals surface area contributed by atoms with Gasteiger partial charge in [-0.1, -0.05) is 6.92 Å². The normalized spacial score (nSPS) is 45.7. The number of hydrogen-bond donors (Lipinski definition) is 0. The molecule has 3 atom stereocenters. The Morgan fingerprint density at radius 2 is 2.44 bits per heavy atom. The van der Waals surface area contributed by atoms with Gasteiger partial charge in [-0.2, -0.15) is 0 Å². The highest BCUT2D eigenvalue weighted by Crippen LogP contribution is 2.36. The highest BCUT2D eigenvalue weighted by Gasteiger charge is 2.43. The van der Waals surface area contributed by atoms with Crippen molar-refractivity contribution < 1.29 is 9.47 Å². The summed E-state index contributed by atoms with van der Waals surface area (Å²) in [6.07, 6.45) is 5.41.